The standard InChI is InChI=1S/C22H24N4O3/c1-14-5-7-16(8-6-14)13-23-22(27)19-12-21(25-15(2)24-19)26-18-11-17(28-3)9-10-20(18)29-4/h5-12H,13H2,1-4H3,(H,23,27)(H,24,25,26). The smallest absolute Gasteiger partial charge is 0.270 e. The lowest BCUT2D eigenvalue weighted by Crippen LogP contribution is -2.24. The fourth-order valence-electron chi connectivity index (χ4n) is 2.78. The SMILES string of the molecule is COc1ccc(OC)c(Nc2cc(C(=O)NCc3ccc(C)cc3)nc(C)n2)c1. The summed E-state index contributed by atoms with van der Waals surface area (Å²) in [4.78, 5) is 21.2. The Balaban J connectivity index is 1.77. The minimum Gasteiger partial charge on any atom is -0.497 e. The van der Waals surface area contributed by atoms with Crippen LogP contribution in [0.5, 0.6) is 11.5 Å². The second-order valence-electron chi connectivity index (χ2n) is 6.55. The highest BCUT2D eigenvalue weighted by Gasteiger charge is 2.12. The van der Waals surface area contributed by atoms with Crippen LogP contribution in [0.2, 0.25) is 0 Å². The van der Waals surface area contributed by atoms with Gasteiger partial charge in [0.2, 0.25) is 0 Å². The van der Waals surface area contributed by atoms with Crippen molar-refractivity contribution in [2.75, 3.05) is 19.5 Å². The summed E-state index contributed by atoms with van der Waals surface area (Å²) in [5, 5.41) is 6.07. The third-order valence-electron chi connectivity index (χ3n) is 4.31. The van der Waals surface area contributed by atoms with Crippen LogP contribution in [0.25, 0.3) is 0 Å². The van der Waals surface area contributed by atoms with E-state index in [4.69, 9.17) is 9.47 Å². The average Bonchev–Trinajstić information content (AvgIpc) is 2.72. The highest BCUT2D eigenvalue weighted by molar-refractivity contribution is 5.93. The van der Waals surface area contributed by atoms with E-state index in [2.05, 4.69) is 20.6 Å². The van der Waals surface area contributed by atoms with Crippen molar-refractivity contribution in [2.45, 2.75) is 20.4 Å². The van der Waals surface area contributed by atoms with Gasteiger partial charge in [-0.15, -0.1) is 0 Å². The Kier molecular flexibility index (Phi) is 6.29. The van der Waals surface area contributed by atoms with E-state index in [1.807, 2.05) is 31.2 Å². The predicted octanol–water partition coefficient (Wildman–Crippen LogP) is 3.78. The van der Waals surface area contributed by atoms with Gasteiger partial charge in [0.1, 0.15) is 28.8 Å². The lowest BCUT2D eigenvalue weighted by molar-refractivity contribution is 0.0945. The lowest BCUT2D eigenvalue weighted by Gasteiger charge is -2.13. The van der Waals surface area contributed by atoms with E-state index in [0.717, 1.165) is 5.56 Å². The summed E-state index contributed by atoms with van der Waals surface area (Å²) >= 11 is 0. The topological polar surface area (TPSA) is 85.4 Å². The molecule has 0 atom stereocenters. The van der Waals surface area contributed by atoms with Crippen molar-refractivity contribution in [2.24, 2.45) is 0 Å². The number of carbonyl (C=O) groups is 1. The summed E-state index contributed by atoms with van der Waals surface area (Å²) in [7, 11) is 3.18. The second-order valence-corrected chi connectivity index (χ2v) is 6.55. The van der Waals surface area contributed by atoms with Crippen LogP contribution in [0.1, 0.15) is 27.4 Å². The molecule has 0 fully saturated rings. The minimum atomic E-state index is -0.267. The van der Waals surface area contributed by atoms with Crippen molar-refractivity contribution in [1.29, 1.82) is 0 Å². The third kappa shape index (κ3) is 5.22. The molecule has 0 bridgehead atoms. The van der Waals surface area contributed by atoms with Crippen molar-refractivity contribution >= 4 is 17.4 Å². The molecule has 3 aromatic rings. The van der Waals surface area contributed by atoms with Crippen molar-refractivity contribution in [3.8, 4) is 11.5 Å². The maximum atomic E-state index is 12.6. The minimum absolute atomic E-state index is 0.267. The van der Waals surface area contributed by atoms with Gasteiger partial charge < -0.3 is 20.1 Å². The van der Waals surface area contributed by atoms with Gasteiger partial charge in [-0.3, -0.25) is 4.79 Å². The van der Waals surface area contributed by atoms with Gasteiger partial charge >= 0.3 is 0 Å². The van der Waals surface area contributed by atoms with Crippen molar-refractivity contribution in [1.82, 2.24) is 15.3 Å². The number of hydrogen-bond donors (Lipinski definition) is 2. The Hall–Kier alpha value is -3.61. The largest absolute Gasteiger partial charge is 0.497 e. The van der Waals surface area contributed by atoms with Crippen LogP contribution >= 0.6 is 0 Å². The van der Waals surface area contributed by atoms with E-state index in [1.165, 1.54) is 5.56 Å². The summed E-state index contributed by atoms with van der Waals surface area (Å²) in [5.74, 6) is 2.02. The third-order valence-corrected chi connectivity index (χ3v) is 4.31. The van der Waals surface area contributed by atoms with Gasteiger partial charge in [-0.1, -0.05) is 29.8 Å². The van der Waals surface area contributed by atoms with Crippen LogP contribution in [0.3, 0.4) is 0 Å². The van der Waals surface area contributed by atoms with E-state index < -0.39 is 0 Å². The van der Waals surface area contributed by atoms with Gasteiger partial charge in [-0.2, -0.15) is 0 Å². The first-order valence-corrected chi connectivity index (χ1v) is 9.17. The molecule has 0 radical (unpaired) electrons. The predicted molar refractivity (Wildman–Crippen MR) is 112 cm³/mol. The van der Waals surface area contributed by atoms with Gasteiger partial charge in [0.05, 0.1) is 19.9 Å². The molecule has 1 aromatic heterocycles. The first-order chi connectivity index (χ1) is 14.0. The first-order valence-electron chi connectivity index (χ1n) is 9.17. The zero-order chi connectivity index (χ0) is 20.8. The molecule has 7 nitrogen and oxygen atoms in total. The number of nitrogens with one attached hydrogen (secondary N) is 2. The van der Waals surface area contributed by atoms with Crippen LogP contribution < -0.4 is 20.1 Å². The summed E-state index contributed by atoms with van der Waals surface area (Å²) in [6.45, 7) is 4.19. The molecule has 0 saturated carbocycles. The van der Waals surface area contributed by atoms with E-state index >= 15 is 0 Å². The Morgan fingerprint density at radius 2 is 1.72 bits per heavy atom. The molecule has 0 aliphatic heterocycles. The molecule has 3 rings (SSSR count). The average molecular weight is 392 g/mol. The number of carbonyl (C=O) groups excluding carboxylic acids is 1. The molecule has 7 heteroatoms. The molecule has 0 unspecified atom stereocenters. The summed E-state index contributed by atoms with van der Waals surface area (Å²) in [5.41, 5.74) is 3.16. The maximum absolute atomic E-state index is 12.6. The maximum Gasteiger partial charge on any atom is 0.270 e. The van der Waals surface area contributed by atoms with Crippen molar-refractivity contribution in [3.63, 3.8) is 0 Å². The molecule has 0 saturated heterocycles. The monoisotopic (exact) mass is 392 g/mol. The molecule has 2 aromatic carbocycles. The summed E-state index contributed by atoms with van der Waals surface area (Å²) in [6, 6.07) is 15.0. The van der Waals surface area contributed by atoms with E-state index in [0.29, 0.717) is 35.4 Å². The van der Waals surface area contributed by atoms with Crippen molar-refractivity contribution < 1.29 is 14.3 Å². The quantitative estimate of drug-likeness (QED) is 0.636. The number of amides is 1. The lowest BCUT2D eigenvalue weighted by atomic mass is 10.1. The molecule has 1 heterocycles. The molecular formula is C22H24N4O3. The number of benzene rings is 2. The fourth-order valence-corrected chi connectivity index (χ4v) is 2.78. The highest BCUT2D eigenvalue weighted by atomic mass is 16.5. The Labute approximate surface area is 170 Å². The molecule has 150 valence electrons. The van der Waals surface area contributed by atoms with E-state index in [-0.39, 0.29) is 11.6 Å². The Morgan fingerprint density at radius 3 is 2.41 bits per heavy atom. The molecule has 0 aliphatic rings. The second kappa shape index (κ2) is 9.05. The highest BCUT2D eigenvalue weighted by Crippen LogP contribution is 2.31. The Morgan fingerprint density at radius 1 is 0.966 bits per heavy atom. The summed E-state index contributed by atoms with van der Waals surface area (Å²) in [6.07, 6.45) is 0. The number of nitrogens with zero attached hydrogens (tertiary/aromatic N) is 2. The van der Waals surface area contributed by atoms with Gasteiger partial charge in [-0.05, 0) is 31.5 Å². The summed E-state index contributed by atoms with van der Waals surface area (Å²) < 4.78 is 10.6. The number of hydrogen-bond acceptors (Lipinski definition) is 6. The van der Waals surface area contributed by atoms with Crippen LogP contribution in [0.4, 0.5) is 11.5 Å². The van der Waals surface area contributed by atoms with Gasteiger partial charge in [0.15, 0.2) is 0 Å². The zero-order valence-corrected chi connectivity index (χ0v) is 16.9. The van der Waals surface area contributed by atoms with Crippen molar-refractivity contribution in [3.05, 3.63) is 71.2 Å². The Bertz CT molecular complexity index is 1000. The van der Waals surface area contributed by atoms with E-state index in [1.54, 1.807) is 45.4 Å². The van der Waals surface area contributed by atoms with E-state index in [9.17, 15) is 4.79 Å². The number of anilines is 2. The van der Waals surface area contributed by atoms with Gasteiger partial charge in [0.25, 0.3) is 5.91 Å². The van der Waals surface area contributed by atoms with Crippen LogP contribution in [-0.2, 0) is 6.54 Å². The van der Waals surface area contributed by atoms with Crippen LogP contribution in [0, 0.1) is 13.8 Å². The zero-order valence-electron chi connectivity index (χ0n) is 16.9. The molecule has 0 spiro atoms. The number of aromatic nitrogens is 2. The number of aryl methyl sites for hydroxylation is 2. The van der Waals surface area contributed by atoms with Gasteiger partial charge in [0, 0.05) is 18.7 Å². The fraction of sp³-hybridized carbons (Fsp3) is 0.227. The van der Waals surface area contributed by atoms with Gasteiger partial charge in [-0.25, -0.2) is 9.97 Å². The van der Waals surface area contributed by atoms with Crippen LogP contribution in [-0.4, -0.2) is 30.1 Å². The number of ether oxygens (including phenoxy) is 2. The molecule has 1 amide bonds. The molecule has 29 heavy (non-hydrogen) atoms. The normalized spacial score (nSPS) is 10.3. The molecular weight excluding hydrogens is 368 g/mol. The first kappa shape index (κ1) is 20.1. The number of rotatable bonds is 7. The molecule has 0 aliphatic carbocycles. The van der Waals surface area contributed by atoms with Crippen LogP contribution in [0.15, 0.2) is 48.5 Å². The molecule has 2 N–H and O–H groups in total. The number of methoxy groups -OCH3 is 2.